The standard InChI is InChI=1S/C16H19NO3/c18-15(12-9-13(12)16(19)20)17-14(11-6-7-11)8-10-4-2-1-3-5-10/h1-5,11-14H,6-9H2,(H,17,18)(H,19,20)/t12-,13+,14+/m0/s1. The largest absolute Gasteiger partial charge is 0.481 e. The Morgan fingerprint density at radius 1 is 1.20 bits per heavy atom. The van der Waals surface area contributed by atoms with Gasteiger partial charge < -0.3 is 10.4 Å². The van der Waals surface area contributed by atoms with Gasteiger partial charge in [-0.3, -0.25) is 9.59 Å². The summed E-state index contributed by atoms with van der Waals surface area (Å²) in [4.78, 5) is 22.9. The lowest BCUT2D eigenvalue weighted by Crippen LogP contribution is -2.39. The molecule has 2 saturated carbocycles. The molecule has 20 heavy (non-hydrogen) atoms. The second kappa shape index (κ2) is 5.27. The SMILES string of the molecule is O=C(N[C@H](Cc1ccccc1)C1CC1)[C@H]1C[C@H]1C(=O)O. The van der Waals surface area contributed by atoms with Crippen molar-refractivity contribution in [2.24, 2.45) is 17.8 Å². The number of carboxylic acid groups (broad SMARTS) is 1. The van der Waals surface area contributed by atoms with E-state index >= 15 is 0 Å². The molecule has 3 atom stereocenters. The number of carboxylic acids is 1. The Morgan fingerprint density at radius 2 is 1.90 bits per heavy atom. The molecule has 4 nitrogen and oxygen atoms in total. The van der Waals surface area contributed by atoms with Crippen LogP contribution in [-0.4, -0.2) is 23.0 Å². The molecule has 1 aromatic carbocycles. The molecule has 1 aromatic rings. The fraction of sp³-hybridized carbons (Fsp3) is 0.500. The van der Waals surface area contributed by atoms with Crippen LogP contribution in [0.4, 0.5) is 0 Å². The number of benzene rings is 1. The third-order valence-electron chi connectivity index (χ3n) is 4.26. The van der Waals surface area contributed by atoms with Crippen molar-refractivity contribution in [1.82, 2.24) is 5.32 Å². The molecule has 2 fully saturated rings. The topological polar surface area (TPSA) is 66.4 Å². The highest BCUT2D eigenvalue weighted by molar-refractivity contribution is 5.89. The minimum absolute atomic E-state index is 0.0785. The molecule has 0 bridgehead atoms. The third-order valence-corrected chi connectivity index (χ3v) is 4.26. The molecule has 0 radical (unpaired) electrons. The summed E-state index contributed by atoms with van der Waals surface area (Å²) in [5.74, 6) is -1.15. The zero-order valence-electron chi connectivity index (χ0n) is 11.3. The van der Waals surface area contributed by atoms with Gasteiger partial charge in [0.2, 0.25) is 5.91 Å². The van der Waals surface area contributed by atoms with Crippen LogP contribution < -0.4 is 5.32 Å². The number of hydrogen-bond acceptors (Lipinski definition) is 2. The first kappa shape index (κ1) is 13.2. The third kappa shape index (κ3) is 3.00. The number of aliphatic carboxylic acids is 1. The maximum Gasteiger partial charge on any atom is 0.307 e. The lowest BCUT2D eigenvalue weighted by Gasteiger charge is -2.18. The Labute approximate surface area is 118 Å². The van der Waals surface area contributed by atoms with E-state index in [0.29, 0.717) is 12.3 Å². The summed E-state index contributed by atoms with van der Waals surface area (Å²) in [5, 5.41) is 12.0. The maximum atomic E-state index is 12.1. The lowest BCUT2D eigenvalue weighted by atomic mass is 10.0. The van der Waals surface area contributed by atoms with Crippen molar-refractivity contribution in [3.63, 3.8) is 0 Å². The number of amides is 1. The summed E-state index contributed by atoms with van der Waals surface area (Å²) in [6.07, 6.45) is 3.64. The van der Waals surface area contributed by atoms with Crippen LogP contribution in [0.1, 0.15) is 24.8 Å². The highest BCUT2D eigenvalue weighted by Gasteiger charge is 2.49. The molecule has 2 N–H and O–H groups in total. The molecule has 2 aliphatic carbocycles. The molecule has 0 spiro atoms. The highest BCUT2D eigenvalue weighted by atomic mass is 16.4. The molecule has 3 rings (SSSR count). The Morgan fingerprint density at radius 3 is 2.45 bits per heavy atom. The van der Waals surface area contributed by atoms with E-state index in [2.05, 4.69) is 17.4 Å². The van der Waals surface area contributed by atoms with Crippen molar-refractivity contribution < 1.29 is 14.7 Å². The van der Waals surface area contributed by atoms with Crippen LogP contribution in [0.15, 0.2) is 30.3 Å². The van der Waals surface area contributed by atoms with Crippen LogP contribution >= 0.6 is 0 Å². The first-order valence-electron chi connectivity index (χ1n) is 7.22. The first-order chi connectivity index (χ1) is 9.65. The summed E-state index contributed by atoms with van der Waals surface area (Å²) < 4.78 is 0. The van der Waals surface area contributed by atoms with Crippen LogP contribution in [0.25, 0.3) is 0 Å². The van der Waals surface area contributed by atoms with Gasteiger partial charge >= 0.3 is 5.97 Å². The Balaban J connectivity index is 1.58. The van der Waals surface area contributed by atoms with Crippen LogP contribution in [0.3, 0.4) is 0 Å². The van der Waals surface area contributed by atoms with Gasteiger partial charge in [-0.15, -0.1) is 0 Å². The average molecular weight is 273 g/mol. The lowest BCUT2D eigenvalue weighted by molar-refractivity contribution is -0.140. The molecular formula is C16H19NO3. The quantitative estimate of drug-likeness (QED) is 0.831. The number of hydrogen-bond donors (Lipinski definition) is 2. The molecule has 0 unspecified atom stereocenters. The van der Waals surface area contributed by atoms with Gasteiger partial charge in [-0.2, -0.15) is 0 Å². The van der Waals surface area contributed by atoms with Crippen molar-refractivity contribution in [3.05, 3.63) is 35.9 Å². The number of nitrogens with one attached hydrogen (secondary N) is 1. The predicted octanol–water partition coefficient (Wildman–Crippen LogP) is 1.84. The van der Waals surface area contributed by atoms with Crippen molar-refractivity contribution in [2.45, 2.75) is 31.7 Å². The van der Waals surface area contributed by atoms with Crippen LogP contribution in [0, 0.1) is 17.8 Å². The Bertz CT molecular complexity index is 510. The fourth-order valence-electron chi connectivity index (χ4n) is 2.75. The van der Waals surface area contributed by atoms with E-state index in [1.165, 1.54) is 5.56 Å². The normalized spacial score (nSPS) is 25.8. The molecule has 0 heterocycles. The summed E-state index contributed by atoms with van der Waals surface area (Å²) in [7, 11) is 0. The van der Waals surface area contributed by atoms with E-state index in [1.807, 2.05) is 18.2 Å². The van der Waals surface area contributed by atoms with E-state index in [-0.39, 0.29) is 17.9 Å². The molecule has 2 aliphatic rings. The highest BCUT2D eigenvalue weighted by Crippen LogP contribution is 2.40. The second-order valence-electron chi connectivity index (χ2n) is 5.93. The van der Waals surface area contributed by atoms with Gasteiger partial charge in [-0.05, 0) is 37.2 Å². The number of carbonyl (C=O) groups excluding carboxylic acids is 1. The van der Waals surface area contributed by atoms with Crippen LogP contribution in [0.2, 0.25) is 0 Å². The van der Waals surface area contributed by atoms with Gasteiger partial charge in [0.1, 0.15) is 0 Å². The minimum atomic E-state index is -0.851. The van der Waals surface area contributed by atoms with Crippen molar-refractivity contribution in [1.29, 1.82) is 0 Å². The fourth-order valence-corrected chi connectivity index (χ4v) is 2.75. The van der Waals surface area contributed by atoms with E-state index < -0.39 is 11.9 Å². The maximum absolute atomic E-state index is 12.1. The zero-order valence-corrected chi connectivity index (χ0v) is 11.3. The van der Waals surface area contributed by atoms with E-state index in [9.17, 15) is 9.59 Å². The summed E-state index contributed by atoms with van der Waals surface area (Å²) in [6, 6.07) is 10.3. The van der Waals surface area contributed by atoms with Crippen molar-refractivity contribution in [2.75, 3.05) is 0 Å². The van der Waals surface area contributed by atoms with Gasteiger partial charge in [0.25, 0.3) is 0 Å². The molecule has 4 heteroatoms. The second-order valence-corrected chi connectivity index (χ2v) is 5.93. The zero-order chi connectivity index (χ0) is 14.1. The summed E-state index contributed by atoms with van der Waals surface area (Å²) in [5.41, 5.74) is 1.22. The molecule has 0 aliphatic heterocycles. The number of carbonyl (C=O) groups is 2. The van der Waals surface area contributed by atoms with Crippen molar-refractivity contribution in [3.8, 4) is 0 Å². The summed E-state index contributed by atoms with van der Waals surface area (Å²) in [6.45, 7) is 0. The van der Waals surface area contributed by atoms with Crippen LogP contribution in [-0.2, 0) is 16.0 Å². The molecule has 106 valence electrons. The first-order valence-corrected chi connectivity index (χ1v) is 7.22. The summed E-state index contributed by atoms with van der Waals surface area (Å²) >= 11 is 0. The van der Waals surface area contributed by atoms with Gasteiger partial charge in [0.05, 0.1) is 11.8 Å². The number of rotatable bonds is 6. The van der Waals surface area contributed by atoms with E-state index in [4.69, 9.17) is 5.11 Å². The molecular weight excluding hydrogens is 254 g/mol. The van der Waals surface area contributed by atoms with Gasteiger partial charge in [-0.1, -0.05) is 30.3 Å². The molecule has 0 saturated heterocycles. The van der Waals surface area contributed by atoms with E-state index in [0.717, 1.165) is 19.3 Å². The van der Waals surface area contributed by atoms with E-state index in [1.54, 1.807) is 0 Å². The Hall–Kier alpha value is -1.84. The van der Waals surface area contributed by atoms with Crippen molar-refractivity contribution >= 4 is 11.9 Å². The molecule has 1 amide bonds. The van der Waals surface area contributed by atoms with Gasteiger partial charge in [0, 0.05) is 6.04 Å². The smallest absolute Gasteiger partial charge is 0.307 e. The monoisotopic (exact) mass is 273 g/mol. The molecule has 0 aromatic heterocycles. The van der Waals surface area contributed by atoms with Gasteiger partial charge in [0.15, 0.2) is 0 Å². The predicted molar refractivity (Wildman–Crippen MR) is 74.0 cm³/mol. The average Bonchev–Trinajstić information content (AvgIpc) is 3.29. The van der Waals surface area contributed by atoms with Crippen LogP contribution in [0.5, 0.6) is 0 Å². The van der Waals surface area contributed by atoms with Gasteiger partial charge in [-0.25, -0.2) is 0 Å². The minimum Gasteiger partial charge on any atom is -0.481 e. The Kier molecular flexibility index (Phi) is 3.47.